The van der Waals surface area contributed by atoms with E-state index in [4.69, 9.17) is 11.6 Å². The number of aryl methyl sites for hydroxylation is 1. The van der Waals surface area contributed by atoms with Crippen molar-refractivity contribution in [2.24, 2.45) is 19.2 Å². The van der Waals surface area contributed by atoms with E-state index in [1.54, 1.807) is 12.1 Å². The average molecular weight is 493 g/mol. The van der Waals surface area contributed by atoms with Gasteiger partial charge in [0.05, 0.1) is 27.3 Å². The standard InChI is InChI=1S/C19H17ClN6O6S/c1-24-11-12(18(27)25(2)19(24)28)10-21-22-16-7-6-15(9-17(16)26(29)30)33(31,32)23-14-5-3-4-13(20)8-14/h3-11,22-23H,1-2H3. The largest absolute Gasteiger partial charge is 0.330 e. The summed E-state index contributed by atoms with van der Waals surface area (Å²) >= 11 is 5.85. The lowest BCUT2D eigenvalue weighted by molar-refractivity contribution is -0.384. The molecule has 0 aliphatic rings. The molecular formula is C19H17ClN6O6S. The van der Waals surface area contributed by atoms with Crippen LogP contribution in [0.2, 0.25) is 5.02 Å². The Labute approximate surface area is 192 Å². The number of rotatable bonds is 7. The molecule has 0 aliphatic heterocycles. The molecule has 14 heteroatoms. The Balaban J connectivity index is 1.89. The number of nitrogens with one attached hydrogen (secondary N) is 2. The Morgan fingerprint density at radius 3 is 2.55 bits per heavy atom. The van der Waals surface area contributed by atoms with Crippen LogP contribution in [-0.2, 0) is 24.1 Å². The molecule has 0 unspecified atom stereocenters. The maximum absolute atomic E-state index is 12.6. The fraction of sp³-hybridized carbons (Fsp3) is 0.105. The minimum atomic E-state index is -4.14. The second-order valence-corrected chi connectivity index (χ2v) is 8.88. The van der Waals surface area contributed by atoms with Crippen molar-refractivity contribution in [3.05, 3.63) is 90.2 Å². The number of hydrogen-bond donors (Lipinski definition) is 2. The van der Waals surface area contributed by atoms with Crippen LogP contribution in [0, 0.1) is 10.1 Å². The van der Waals surface area contributed by atoms with E-state index in [1.807, 2.05) is 0 Å². The Kier molecular flexibility index (Phi) is 6.65. The minimum absolute atomic E-state index is 0.0553. The van der Waals surface area contributed by atoms with Crippen molar-refractivity contribution >= 4 is 44.9 Å². The molecule has 0 bridgehead atoms. The number of aromatic nitrogens is 2. The molecule has 0 aliphatic carbocycles. The van der Waals surface area contributed by atoms with Crippen molar-refractivity contribution in [2.75, 3.05) is 10.1 Å². The van der Waals surface area contributed by atoms with Crippen LogP contribution in [0.15, 0.2) is 68.2 Å². The molecule has 0 saturated carbocycles. The molecule has 2 N–H and O–H groups in total. The van der Waals surface area contributed by atoms with Crippen LogP contribution in [0.4, 0.5) is 17.1 Å². The van der Waals surface area contributed by atoms with Gasteiger partial charge in [0.15, 0.2) is 0 Å². The number of nitro benzene ring substituents is 1. The third kappa shape index (κ3) is 5.27. The Hall–Kier alpha value is -3.97. The van der Waals surface area contributed by atoms with Gasteiger partial charge in [0.25, 0.3) is 21.3 Å². The van der Waals surface area contributed by atoms with Crippen molar-refractivity contribution in [2.45, 2.75) is 4.90 Å². The monoisotopic (exact) mass is 492 g/mol. The molecule has 1 aromatic heterocycles. The molecule has 3 rings (SSSR count). The molecule has 0 radical (unpaired) electrons. The molecule has 12 nitrogen and oxygen atoms in total. The quantitative estimate of drug-likeness (QED) is 0.289. The zero-order chi connectivity index (χ0) is 24.3. The topological polar surface area (TPSA) is 158 Å². The molecule has 0 saturated heterocycles. The molecular weight excluding hydrogens is 476 g/mol. The van der Waals surface area contributed by atoms with Crippen LogP contribution in [-0.4, -0.2) is 28.7 Å². The predicted octanol–water partition coefficient (Wildman–Crippen LogP) is 1.89. The second kappa shape index (κ2) is 9.26. The highest BCUT2D eigenvalue weighted by Crippen LogP contribution is 2.29. The summed E-state index contributed by atoms with van der Waals surface area (Å²) in [4.78, 5) is 34.2. The SMILES string of the molecule is Cn1cc(C=NNc2ccc(S(=O)(=O)Nc3cccc(Cl)c3)cc2[N+](=O)[O-])c(=O)n(C)c1=O. The fourth-order valence-corrected chi connectivity index (χ4v) is 4.05. The van der Waals surface area contributed by atoms with E-state index >= 15 is 0 Å². The molecule has 2 aromatic carbocycles. The normalized spacial score (nSPS) is 11.5. The number of nitrogens with zero attached hydrogens (tertiary/aromatic N) is 4. The highest BCUT2D eigenvalue weighted by molar-refractivity contribution is 7.92. The van der Waals surface area contributed by atoms with Gasteiger partial charge in [-0.15, -0.1) is 0 Å². The third-order valence-electron chi connectivity index (χ3n) is 4.41. The van der Waals surface area contributed by atoms with Gasteiger partial charge in [0, 0.05) is 31.4 Å². The van der Waals surface area contributed by atoms with Crippen LogP contribution in [0.1, 0.15) is 5.56 Å². The van der Waals surface area contributed by atoms with Gasteiger partial charge in [-0.05, 0) is 30.3 Å². The lowest BCUT2D eigenvalue weighted by atomic mass is 10.3. The highest BCUT2D eigenvalue weighted by atomic mass is 35.5. The Morgan fingerprint density at radius 1 is 1.15 bits per heavy atom. The van der Waals surface area contributed by atoms with Crippen LogP contribution in [0.25, 0.3) is 0 Å². The number of hydrazone groups is 1. The van der Waals surface area contributed by atoms with E-state index in [9.17, 15) is 28.1 Å². The van der Waals surface area contributed by atoms with Gasteiger partial charge >= 0.3 is 5.69 Å². The maximum atomic E-state index is 12.6. The molecule has 172 valence electrons. The van der Waals surface area contributed by atoms with E-state index in [0.29, 0.717) is 5.02 Å². The van der Waals surface area contributed by atoms with Crippen LogP contribution in [0.3, 0.4) is 0 Å². The first kappa shape index (κ1) is 23.7. The number of anilines is 2. The number of halogens is 1. The van der Waals surface area contributed by atoms with Crippen LogP contribution >= 0.6 is 11.6 Å². The van der Waals surface area contributed by atoms with Gasteiger partial charge in [-0.3, -0.25) is 29.6 Å². The zero-order valence-electron chi connectivity index (χ0n) is 17.2. The van der Waals surface area contributed by atoms with Crippen molar-refractivity contribution in [3.63, 3.8) is 0 Å². The lowest BCUT2D eigenvalue weighted by Crippen LogP contribution is -2.38. The Morgan fingerprint density at radius 2 is 1.88 bits per heavy atom. The van der Waals surface area contributed by atoms with Gasteiger partial charge < -0.3 is 4.57 Å². The summed E-state index contributed by atoms with van der Waals surface area (Å²) in [6.07, 6.45) is 2.36. The summed E-state index contributed by atoms with van der Waals surface area (Å²) in [6.45, 7) is 0. The maximum Gasteiger partial charge on any atom is 0.330 e. The number of sulfonamides is 1. The van der Waals surface area contributed by atoms with Crippen molar-refractivity contribution in [3.8, 4) is 0 Å². The lowest BCUT2D eigenvalue weighted by Gasteiger charge is -2.09. The van der Waals surface area contributed by atoms with Crippen LogP contribution in [0.5, 0.6) is 0 Å². The van der Waals surface area contributed by atoms with E-state index in [0.717, 1.165) is 22.9 Å². The van der Waals surface area contributed by atoms with E-state index in [2.05, 4.69) is 15.2 Å². The third-order valence-corrected chi connectivity index (χ3v) is 6.03. The molecule has 0 amide bonds. The van der Waals surface area contributed by atoms with Crippen LogP contribution < -0.4 is 21.4 Å². The zero-order valence-corrected chi connectivity index (χ0v) is 18.8. The summed E-state index contributed by atoms with van der Waals surface area (Å²) in [5.41, 5.74) is 0.864. The molecule has 0 atom stereocenters. The van der Waals surface area contributed by atoms with Crippen molar-refractivity contribution in [1.82, 2.24) is 9.13 Å². The molecule has 1 heterocycles. The van der Waals surface area contributed by atoms with E-state index in [1.165, 1.54) is 43.1 Å². The molecule has 0 spiro atoms. The van der Waals surface area contributed by atoms with Crippen molar-refractivity contribution < 1.29 is 13.3 Å². The number of benzene rings is 2. The number of hydrogen-bond acceptors (Lipinski definition) is 8. The molecule has 0 fully saturated rings. The first-order valence-corrected chi connectivity index (χ1v) is 11.0. The molecule has 33 heavy (non-hydrogen) atoms. The number of nitro groups is 1. The summed E-state index contributed by atoms with van der Waals surface area (Å²) in [6, 6.07) is 9.18. The van der Waals surface area contributed by atoms with E-state index < -0.39 is 31.9 Å². The second-order valence-electron chi connectivity index (χ2n) is 6.76. The predicted molar refractivity (Wildman–Crippen MR) is 123 cm³/mol. The van der Waals surface area contributed by atoms with Crippen molar-refractivity contribution in [1.29, 1.82) is 0 Å². The summed E-state index contributed by atoms with van der Waals surface area (Å²) in [7, 11) is -1.39. The first-order valence-electron chi connectivity index (χ1n) is 9.12. The van der Waals surface area contributed by atoms with E-state index in [-0.39, 0.29) is 21.8 Å². The van der Waals surface area contributed by atoms with Gasteiger partial charge in [-0.1, -0.05) is 17.7 Å². The van der Waals surface area contributed by atoms with Gasteiger partial charge in [0.2, 0.25) is 0 Å². The van der Waals surface area contributed by atoms with Gasteiger partial charge in [-0.25, -0.2) is 13.2 Å². The average Bonchev–Trinajstić information content (AvgIpc) is 2.75. The Bertz CT molecular complexity index is 1500. The highest BCUT2D eigenvalue weighted by Gasteiger charge is 2.21. The fourth-order valence-electron chi connectivity index (χ4n) is 2.79. The summed E-state index contributed by atoms with van der Waals surface area (Å²) in [5.74, 6) is 0. The van der Waals surface area contributed by atoms with Gasteiger partial charge in [-0.2, -0.15) is 5.10 Å². The smallest absolute Gasteiger partial charge is 0.303 e. The summed E-state index contributed by atoms with van der Waals surface area (Å²) in [5, 5.41) is 15.6. The summed E-state index contributed by atoms with van der Waals surface area (Å²) < 4.78 is 29.6. The minimum Gasteiger partial charge on any atom is -0.303 e. The first-order chi connectivity index (χ1) is 15.5. The molecule has 3 aromatic rings. The van der Waals surface area contributed by atoms with Gasteiger partial charge in [0.1, 0.15) is 5.69 Å².